The Labute approximate surface area is 209 Å². The van der Waals surface area contributed by atoms with Gasteiger partial charge in [-0.05, 0) is 50.1 Å². The quantitative estimate of drug-likeness (QED) is 0.558. The number of alkyl halides is 2. The number of carbonyl (C=O) groups excluding carboxylic acids is 1. The van der Waals surface area contributed by atoms with Crippen molar-refractivity contribution in [1.82, 2.24) is 9.55 Å². The zero-order valence-electron chi connectivity index (χ0n) is 19.6. The van der Waals surface area contributed by atoms with Crippen molar-refractivity contribution in [2.45, 2.75) is 67.8 Å². The number of hydrogen-bond donors (Lipinski definition) is 1. The highest BCUT2D eigenvalue weighted by atomic mass is 32.2. The lowest BCUT2D eigenvalue weighted by atomic mass is 10.1. The van der Waals surface area contributed by atoms with Crippen molar-refractivity contribution in [3.8, 4) is 0 Å². The summed E-state index contributed by atoms with van der Waals surface area (Å²) in [7, 11) is -4.22. The van der Waals surface area contributed by atoms with Gasteiger partial charge < -0.3 is 10.1 Å². The summed E-state index contributed by atoms with van der Waals surface area (Å²) in [4.78, 5) is 30.2. The second kappa shape index (κ2) is 9.30. The van der Waals surface area contributed by atoms with E-state index >= 15 is 8.78 Å². The average Bonchev–Trinajstić information content (AvgIpc) is 3.28. The van der Waals surface area contributed by atoms with E-state index in [9.17, 15) is 14.2 Å². The van der Waals surface area contributed by atoms with E-state index in [0.29, 0.717) is 15.4 Å². The summed E-state index contributed by atoms with van der Waals surface area (Å²) in [6.45, 7) is 4.75. The van der Waals surface area contributed by atoms with E-state index < -0.39 is 56.5 Å². The van der Waals surface area contributed by atoms with Gasteiger partial charge in [0.05, 0.1) is 12.7 Å². The second-order valence-corrected chi connectivity index (χ2v) is 12.1. The number of anilines is 1. The summed E-state index contributed by atoms with van der Waals surface area (Å²) in [6.07, 6.45) is -4.01. The minimum absolute atomic E-state index is 0.0994. The molecule has 0 bridgehead atoms. The minimum Gasteiger partial charge on any atom is -0.343 e. The van der Waals surface area contributed by atoms with Gasteiger partial charge in [0, 0.05) is 21.9 Å². The van der Waals surface area contributed by atoms with Crippen LogP contribution in [-0.2, 0) is 29.3 Å². The summed E-state index contributed by atoms with van der Waals surface area (Å²) >= 11 is 1.74. The standard InChI is InChI=1S/C22H24F2N3O7PS/c1-11(2)33-35(30)31-10-15-18(34-35)22(23,24)20(32-15)27-7-6-17(26-21(27)29)25-19(28)13-4-5-16-14(9-13)8-12(3)36-16/h4-7,9,11-12,15,18,20H,8,10H2,1-3H3,(H,25,26,28,29)/t12?,15-,18-,20?,35?/m1/s1. The third kappa shape index (κ3) is 4.75. The summed E-state index contributed by atoms with van der Waals surface area (Å²) in [6, 6.07) is 6.56. The summed E-state index contributed by atoms with van der Waals surface area (Å²) in [5.74, 6) is -4.33. The van der Waals surface area contributed by atoms with Crippen molar-refractivity contribution >= 4 is 31.3 Å². The van der Waals surface area contributed by atoms with E-state index in [1.54, 1.807) is 37.7 Å². The van der Waals surface area contributed by atoms with E-state index in [0.717, 1.165) is 23.1 Å². The van der Waals surface area contributed by atoms with Crippen LogP contribution in [-0.4, -0.2) is 51.5 Å². The van der Waals surface area contributed by atoms with E-state index in [4.69, 9.17) is 18.3 Å². The number of amides is 1. The van der Waals surface area contributed by atoms with Crippen LogP contribution in [0.2, 0.25) is 0 Å². The van der Waals surface area contributed by atoms with Crippen molar-refractivity contribution in [1.29, 1.82) is 0 Å². The van der Waals surface area contributed by atoms with Crippen LogP contribution >= 0.6 is 19.6 Å². The number of nitrogens with zero attached hydrogens (tertiary/aromatic N) is 2. The number of ether oxygens (including phenoxy) is 1. The molecule has 36 heavy (non-hydrogen) atoms. The molecule has 14 heteroatoms. The number of nitrogens with one attached hydrogen (secondary N) is 1. The van der Waals surface area contributed by atoms with Gasteiger partial charge in [0.1, 0.15) is 11.9 Å². The largest absolute Gasteiger partial charge is 0.475 e. The molecule has 3 unspecified atom stereocenters. The number of phosphoric ester groups is 1. The van der Waals surface area contributed by atoms with Crippen LogP contribution in [0.15, 0.2) is 40.2 Å². The monoisotopic (exact) mass is 543 g/mol. The number of carbonyl (C=O) groups is 1. The first-order valence-corrected chi connectivity index (χ1v) is 13.6. The van der Waals surface area contributed by atoms with Crippen LogP contribution in [0.4, 0.5) is 14.6 Å². The maximum atomic E-state index is 15.2. The van der Waals surface area contributed by atoms with Crippen LogP contribution in [0.3, 0.4) is 0 Å². The molecular formula is C22H24F2N3O7PS. The normalized spacial score (nSPS) is 30.7. The van der Waals surface area contributed by atoms with E-state index in [1.807, 2.05) is 6.07 Å². The average molecular weight is 543 g/mol. The predicted octanol–water partition coefficient (Wildman–Crippen LogP) is 4.01. The van der Waals surface area contributed by atoms with Gasteiger partial charge >= 0.3 is 19.4 Å². The highest BCUT2D eigenvalue weighted by molar-refractivity contribution is 8.00. The van der Waals surface area contributed by atoms with Crippen molar-refractivity contribution in [3.63, 3.8) is 0 Å². The molecule has 5 rings (SSSR count). The van der Waals surface area contributed by atoms with E-state index in [-0.39, 0.29) is 5.82 Å². The van der Waals surface area contributed by atoms with Crippen LogP contribution in [0, 0.1) is 0 Å². The summed E-state index contributed by atoms with van der Waals surface area (Å²) in [5, 5.41) is 2.95. The molecule has 0 spiro atoms. The predicted molar refractivity (Wildman–Crippen MR) is 125 cm³/mol. The number of benzene rings is 1. The molecule has 1 amide bonds. The molecule has 4 heterocycles. The zero-order chi connectivity index (χ0) is 25.8. The Morgan fingerprint density at radius 2 is 2.14 bits per heavy atom. The number of phosphoric acid groups is 1. The topological polar surface area (TPSA) is 118 Å². The number of thioether (sulfide) groups is 1. The molecule has 10 nitrogen and oxygen atoms in total. The number of fused-ring (bicyclic) bond motifs is 2. The molecule has 194 valence electrons. The van der Waals surface area contributed by atoms with Crippen LogP contribution < -0.4 is 11.0 Å². The van der Waals surface area contributed by atoms with Crippen LogP contribution in [0.1, 0.15) is 42.9 Å². The Hall–Kier alpha value is -2.15. The third-order valence-corrected chi connectivity index (χ3v) is 8.66. The first-order chi connectivity index (χ1) is 16.9. The van der Waals surface area contributed by atoms with E-state index in [1.165, 1.54) is 6.07 Å². The Bertz CT molecular complexity index is 1310. The van der Waals surface area contributed by atoms with Crippen LogP contribution in [0.5, 0.6) is 0 Å². The molecule has 2 fully saturated rings. The van der Waals surface area contributed by atoms with Crippen LogP contribution in [0.25, 0.3) is 0 Å². The van der Waals surface area contributed by atoms with Crippen molar-refractivity contribution in [3.05, 3.63) is 52.1 Å². The van der Waals surface area contributed by atoms with Crippen molar-refractivity contribution in [2.75, 3.05) is 11.9 Å². The fraction of sp³-hybridized carbons (Fsp3) is 0.500. The highest BCUT2D eigenvalue weighted by Gasteiger charge is 2.65. The van der Waals surface area contributed by atoms with Crippen molar-refractivity contribution < 1.29 is 36.4 Å². The number of rotatable bonds is 5. The molecular weight excluding hydrogens is 519 g/mol. The lowest BCUT2D eigenvalue weighted by molar-refractivity contribution is -0.139. The Morgan fingerprint density at radius 3 is 2.86 bits per heavy atom. The number of hydrogen-bond acceptors (Lipinski definition) is 9. The van der Waals surface area contributed by atoms with Gasteiger partial charge in [-0.25, -0.2) is 9.36 Å². The first-order valence-electron chi connectivity index (χ1n) is 11.3. The highest BCUT2D eigenvalue weighted by Crippen LogP contribution is 2.60. The Balaban J connectivity index is 1.32. The molecule has 2 aromatic rings. The van der Waals surface area contributed by atoms with E-state index in [2.05, 4.69) is 17.2 Å². The number of halogens is 2. The lowest BCUT2D eigenvalue weighted by Gasteiger charge is -2.32. The molecule has 5 atom stereocenters. The van der Waals surface area contributed by atoms with Gasteiger partial charge in [0.2, 0.25) is 6.23 Å². The molecule has 1 aromatic heterocycles. The van der Waals surface area contributed by atoms with Gasteiger partial charge in [0.15, 0.2) is 6.10 Å². The zero-order valence-corrected chi connectivity index (χ0v) is 21.3. The lowest BCUT2D eigenvalue weighted by Crippen LogP contribution is -2.45. The molecule has 1 aromatic carbocycles. The van der Waals surface area contributed by atoms with Gasteiger partial charge in [-0.1, -0.05) is 6.92 Å². The molecule has 2 saturated heterocycles. The SMILES string of the molecule is CC(C)OP1(=O)OC[C@H]2OC(n3ccc(NC(=O)c4ccc5c(c4)CC(C)S5)nc3=O)C(F)(F)[C@@H]2O1. The molecule has 3 aliphatic rings. The van der Waals surface area contributed by atoms with Gasteiger partial charge in [-0.15, -0.1) is 11.8 Å². The molecule has 0 radical (unpaired) electrons. The number of aromatic nitrogens is 2. The Morgan fingerprint density at radius 1 is 1.36 bits per heavy atom. The van der Waals surface area contributed by atoms with Gasteiger partial charge in [0.25, 0.3) is 5.91 Å². The van der Waals surface area contributed by atoms with Gasteiger partial charge in [-0.3, -0.25) is 22.9 Å². The summed E-state index contributed by atoms with van der Waals surface area (Å²) in [5.41, 5.74) is 0.396. The Kier molecular flexibility index (Phi) is 6.59. The molecule has 1 N–H and O–H groups in total. The molecule has 0 aliphatic carbocycles. The smallest absolute Gasteiger partial charge is 0.343 e. The van der Waals surface area contributed by atoms with Gasteiger partial charge in [-0.2, -0.15) is 13.8 Å². The molecule has 0 saturated carbocycles. The fourth-order valence-electron chi connectivity index (χ4n) is 4.29. The second-order valence-electron chi connectivity index (χ2n) is 9.04. The maximum absolute atomic E-state index is 15.2. The maximum Gasteiger partial charge on any atom is 0.475 e. The minimum atomic E-state index is -4.22. The first kappa shape index (κ1) is 25.5. The van der Waals surface area contributed by atoms with Crippen molar-refractivity contribution in [2.24, 2.45) is 0 Å². The third-order valence-electron chi connectivity index (χ3n) is 5.81. The molecule has 3 aliphatic heterocycles. The summed E-state index contributed by atoms with van der Waals surface area (Å²) < 4.78 is 64.0. The fourth-order valence-corrected chi connectivity index (χ4v) is 7.00.